The van der Waals surface area contributed by atoms with Gasteiger partial charge in [-0.05, 0) is 49.3 Å². The molecule has 0 fully saturated rings. The predicted octanol–water partition coefficient (Wildman–Crippen LogP) is 3.18. The van der Waals surface area contributed by atoms with Gasteiger partial charge in [-0.1, -0.05) is 39.0 Å². The molecule has 0 aromatic carbocycles. The highest BCUT2D eigenvalue weighted by Gasteiger charge is 2.25. The molecule has 3 amide bonds. The molecular formula is C25H36N4O5S2. The van der Waals surface area contributed by atoms with Gasteiger partial charge in [0.2, 0.25) is 5.91 Å². The number of carbonyl (C=O) groups is 4. The molecule has 0 aliphatic heterocycles. The van der Waals surface area contributed by atoms with E-state index in [1.165, 1.54) is 17.8 Å². The van der Waals surface area contributed by atoms with E-state index in [1.807, 2.05) is 25.3 Å². The second-order valence-electron chi connectivity index (χ2n) is 8.47. The highest BCUT2D eigenvalue weighted by atomic mass is 32.2. The van der Waals surface area contributed by atoms with Crippen molar-refractivity contribution in [1.82, 2.24) is 20.9 Å². The van der Waals surface area contributed by atoms with Crippen LogP contribution in [0.2, 0.25) is 0 Å². The Labute approximate surface area is 222 Å². The lowest BCUT2D eigenvalue weighted by Gasteiger charge is -2.19. The third-order valence-electron chi connectivity index (χ3n) is 5.06. The number of aliphatic carboxylic acids is 1. The van der Waals surface area contributed by atoms with Crippen LogP contribution >= 0.6 is 24.4 Å². The van der Waals surface area contributed by atoms with Crippen molar-refractivity contribution in [1.29, 1.82) is 0 Å². The van der Waals surface area contributed by atoms with Crippen LogP contribution in [0.1, 0.15) is 56.7 Å². The zero-order valence-electron chi connectivity index (χ0n) is 21.3. The summed E-state index contributed by atoms with van der Waals surface area (Å²) in [6.45, 7) is 7.00. The lowest BCUT2D eigenvalue weighted by Crippen LogP contribution is -2.47. The van der Waals surface area contributed by atoms with Gasteiger partial charge in [-0.15, -0.1) is 11.8 Å². The summed E-state index contributed by atoms with van der Waals surface area (Å²) in [6, 6.07) is 2.26. The number of allylic oxidation sites excluding steroid dienone is 3. The maximum Gasteiger partial charge on any atom is 0.326 e. The number of nitrogens with one attached hydrogen (secondary N) is 3. The lowest BCUT2D eigenvalue weighted by atomic mass is 10.0. The van der Waals surface area contributed by atoms with Crippen molar-refractivity contribution in [2.75, 3.05) is 12.0 Å². The fourth-order valence-corrected chi connectivity index (χ4v) is 3.72. The molecule has 2 atom stereocenters. The maximum atomic E-state index is 12.9. The van der Waals surface area contributed by atoms with Crippen LogP contribution in [0.5, 0.6) is 0 Å². The Hall–Kier alpha value is -2.79. The summed E-state index contributed by atoms with van der Waals surface area (Å²) < 4.78 is 0. The van der Waals surface area contributed by atoms with Gasteiger partial charge in [-0.25, -0.2) is 9.78 Å². The van der Waals surface area contributed by atoms with Crippen LogP contribution in [0.3, 0.4) is 0 Å². The van der Waals surface area contributed by atoms with Gasteiger partial charge in [-0.2, -0.15) is 12.6 Å². The summed E-state index contributed by atoms with van der Waals surface area (Å²) in [5.41, 5.74) is 0.480. The second kappa shape index (κ2) is 16.1. The van der Waals surface area contributed by atoms with Gasteiger partial charge < -0.3 is 21.1 Å². The zero-order valence-corrected chi connectivity index (χ0v) is 23.0. The van der Waals surface area contributed by atoms with Crippen LogP contribution in [0.25, 0.3) is 0 Å². The third-order valence-corrected chi connectivity index (χ3v) is 6.02. The van der Waals surface area contributed by atoms with Crippen molar-refractivity contribution in [2.24, 2.45) is 11.8 Å². The molecular weight excluding hydrogens is 500 g/mol. The fraction of sp³-hybridized carbons (Fsp3) is 0.480. The number of hydrogen-bond acceptors (Lipinski definition) is 7. The summed E-state index contributed by atoms with van der Waals surface area (Å²) >= 11 is 5.56. The predicted molar refractivity (Wildman–Crippen MR) is 145 cm³/mol. The van der Waals surface area contributed by atoms with Gasteiger partial charge in [-0.3, -0.25) is 14.4 Å². The number of nitrogens with zero attached hydrogens (tertiary/aromatic N) is 1. The van der Waals surface area contributed by atoms with Gasteiger partial charge in [0.25, 0.3) is 11.8 Å². The molecule has 198 valence electrons. The van der Waals surface area contributed by atoms with E-state index < -0.39 is 23.8 Å². The van der Waals surface area contributed by atoms with Crippen LogP contribution in [0.4, 0.5) is 0 Å². The van der Waals surface area contributed by atoms with Crippen molar-refractivity contribution < 1.29 is 24.3 Å². The molecule has 36 heavy (non-hydrogen) atoms. The number of amides is 3. The van der Waals surface area contributed by atoms with Crippen LogP contribution in [0, 0.1) is 11.8 Å². The Kier molecular flexibility index (Phi) is 13.9. The molecule has 4 N–H and O–H groups in total. The first-order chi connectivity index (χ1) is 17.0. The smallest absolute Gasteiger partial charge is 0.326 e. The minimum absolute atomic E-state index is 0.0694. The summed E-state index contributed by atoms with van der Waals surface area (Å²) in [5, 5.41) is 17.1. The van der Waals surface area contributed by atoms with Gasteiger partial charge in [0.15, 0.2) is 0 Å². The largest absolute Gasteiger partial charge is 0.480 e. The minimum Gasteiger partial charge on any atom is -0.480 e. The molecule has 0 bridgehead atoms. The fourth-order valence-electron chi connectivity index (χ4n) is 3.09. The monoisotopic (exact) mass is 536 g/mol. The molecule has 0 radical (unpaired) electrons. The number of thiol groups is 1. The summed E-state index contributed by atoms with van der Waals surface area (Å²) in [7, 11) is 0. The van der Waals surface area contributed by atoms with E-state index in [1.54, 1.807) is 32.9 Å². The molecule has 0 saturated carbocycles. The Morgan fingerprint density at radius 1 is 1.19 bits per heavy atom. The van der Waals surface area contributed by atoms with Crippen molar-refractivity contribution in [3.8, 4) is 0 Å². The highest BCUT2D eigenvalue weighted by Crippen LogP contribution is 2.17. The molecule has 1 aromatic heterocycles. The number of pyridine rings is 1. The van der Waals surface area contributed by atoms with Gasteiger partial charge in [0.1, 0.15) is 17.4 Å². The molecule has 1 heterocycles. The van der Waals surface area contributed by atoms with E-state index in [0.29, 0.717) is 12.1 Å². The topological polar surface area (TPSA) is 137 Å². The number of rotatable bonds is 14. The number of aromatic nitrogens is 1. The number of carboxylic acids is 1. The molecule has 1 aromatic rings. The first-order valence-corrected chi connectivity index (χ1v) is 13.5. The molecule has 11 heteroatoms. The number of carbonyl (C=O) groups excluding carboxylic acids is 3. The van der Waals surface area contributed by atoms with Crippen molar-refractivity contribution in [3.05, 3.63) is 47.4 Å². The standard InChI is InChI=1S/C25H36N4O5S2/c1-6-19(23(31)29-22(15(2)3)25(33)34)28-24(32)20-13-18(36-5)12-17(27-20)14-26-21(30)11-16(4)9-7-8-10-35/h6-7,9,12-13,15-16,22,35H,8,10-11,14H2,1-5H3,(H,26,30)(H,28,32)(H,29,31)(H,33,34)/b9-7+,19-6-/t16-,22+/m1/s1. The van der Waals surface area contributed by atoms with Crippen LogP contribution < -0.4 is 16.0 Å². The number of hydrogen-bond donors (Lipinski definition) is 5. The van der Waals surface area contributed by atoms with Crippen LogP contribution in [-0.4, -0.2) is 51.8 Å². The molecule has 0 aliphatic carbocycles. The molecule has 0 unspecified atom stereocenters. The van der Waals surface area contributed by atoms with Gasteiger partial charge in [0, 0.05) is 11.3 Å². The van der Waals surface area contributed by atoms with Crippen molar-refractivity contribution in [3.63, 3.8) is 0 Å². The van der Waals surface area contributed by atoms with E-state index >= 15 is 0 Å². The molecule has 0 spiro atoms. The Bertz CT molecular complexity index is 995. The summed E-state index contributed by atoms with van der Waals surface area (Å²) in [6.07, 6.45) is 8.40. The first kappa shape index (κ1) is 31.2. The first-order valence-electron chi connectivity index (χ1n) is 11.6. The minimum atomic E-state index is -1.16. The third kappa shape index (κ3) is 10.9. The maximum absolute atomic E-state index is 12.9. The highest BCUT2D eigenvalue weighted by molar-refractivity contribution is 7.98. The van der Waals surface area contributed by atoms with E-state index in [4.69, 9.17) is 0 Å². The average Bonchev–Trinajstić information content (AvgIpc) is 2.83. The summed E-state index contributed by atoms with van der Waals surface area (Å²) in [5.74, 6) is -2.14. The average molecular weight is 537 g/mol. The van der Waals surface area contributed by atoms with E-state index in [9.17, 15) is 24.3 Å². The Balaban J connectivity index is 2.89. The van der Waals surface area contributed by atoms with Crippen LogP contribution in [0.15, 0.2) is 41.0 Å². The van der Waals surface area contributed by atoms with Gasteiger partial charge in [0.05, 0.1) is 12.2 Å². The van der Waals surface area contributed by atoms with Crippen LogP contribution in [-0.2, 0) is 20.9 Å². The number of thioether (sulfide) groups is 1. The summed E-state index contributed by atoms with van der Waals surface area (Å²) in [4.78, 5) is 54.3. The van der Waals surface area contributed by atoms with Gasteiger partial charge >= 0.3 is 5.97 Å². The quantitative estimate of drug-likeness (QED) is 0.107. The molecule has 1 rings (SSSR count). The Morgan fingerprint density at radius 3 is 2.44 bits per heavy atom. The zero-order chi connectivity index (χ0) is 27.3. The SMILES string of the molecule is C/C=C(\NC(=O)c1cc(SC)cc(CNC(=O)C[C@H](C)/C=C/CCS)n1)C(=O)N[C@H](C(=O)O)C(C)C. The molecule has 0 saturated heterocycles. The lowest BCUT2D eigenvalue weighted by molar-refractivity contribution is -0.142. The second-order valence-corrected chi connectivity index (χ2v) is 9.80. The van der Waals surface area contributed by atoms with E-state index in [-0.39, 0.29) is 35.7 Å². The normalized spacial score (nSPS) is 13.4. The van der Waals surface area contributed by atoms with Crippen molar-refractivity contribution >= 4 is 48.1 Å². The van der Waals surface area contributed by atoms with E-state index in [0.717, 1.165) is 17.1 Å². The molecule has 9 nitrogen and oxygen atoms in total. The Morgan fingerprint density at radius 2 is 1.89 bits per heavy atom. The number of carboxylic acid groups (broad SMARTS) is 1. The van der Waals surface area contributed by atoms with Crippen molar-refractivity contribution in [2.45, 2.75) is 58.0 Å². The molecule has 0 aliphatic rings. The van der Waals surface area contributed by atoms with E-state index in [2.05, 4.69) is 33.6 Å².